The molecule has 0 fully saturated rings. The lowest BCUT2D eigenvalue weighted by Gasteiger charge is -2.13. The zero-order valence-corrected chi connectivity index (χ0v) is 20.5. The maximum atomic E-state index is 15.5. The molecule has 0 unspecified atom stereocenters. The van der Waals surface area contributed by atoms with Crippen LogP contribution in [0.15, 0.2) is 78.1 Å². The van der Waals surface area contributed by atoms with E-state index < -0.39 is 55.2 Å². The van der Waals surface area contributed by atoms with E-state index in [1.807, 2.05) is 30.3 Å². The highest BCUT2D eigenvalue weighted by atomic mass is 32.2. The summed E-state index contributed by atoms with van der Waals surface area (Å²) >= 11 is 0. The molecule has 0 amide bonds. The summed E-state index contributed by atoms with van der Waals surface area (Å²) < 4.78 is 84.9. The number of anilines is 2. The van der Waals surface area contributed by atoms with Gasteiger partial charge in [-0.2, -0.15) is 0 Å². The van der Waals surface area contributed by atoms with E-state index in [1.165, 1.54) is 12.5 Å². The molecule has 0 aliphatic heterocycles. The van der Waals surface area contributed by atoms with Crippen LogP contribution in [-0.4, -0.2) is 29.2 Å². The van der Waals surface area contributed by atoms with Crippen molar-refractivity contribution < 1.29 is 30.8 Å². The summed E-state index contributed by atoms with van der Waals surface area (Å²) in [6.45, 7) is 0.322. The summed E-state index contributed by atoms with van der Waals surface area (Å²) in [4.78, 5) is 23.3. The second-order valence-corrected chi connectivity index (χ2v) is 9.93. The molecule has 0 atom stereocenters. The van der Waals surface area contributed by atoms with Crippen LogP contribution in [0, 0.1) is 23.3 Å². The van der Waals surface area contributed by atoms with Crippen LogP contribution in [0.3, 0.4) is 0 Å². The molecule has 0 bridgehead atoms. The van der Waals surface area contributed by atoms with Gasteiger partial charge in [-0.25, -0.2) is 35.9 Å². The second kappa shape index (κ2) is 10.2. The van der Waals surface area contributed by atoms with Crippen molar-refractivity contribution in [2.45, 2.75) is 11.4 Å². The van der Waals surface area contributed by atoms with Gasteiger partial charge in [-0.3, -0.25) is 9.52 Å². The Balaban J connectivity index is 1.52. The number of fused-ring (bicyclic) bond motifs is 1. The third-order valence-electron chi connectivity index (χ3n) is 5.76. The molecule has 0 saturated heterocycles. The predicted molar refractivity (Wildman–Crippen MR) is 135 cm³/mol. The van der Waals surface area contributed by atoms with Gasteiger partial charge in [-0.15, -0.1) is 0 Å². The molecule has 3 aromatic carbocycles. The van der Waals surface area contributed by atoms with E-state index in [2.05, 4.69) is 20.3 Å². The van der Waals surface area contributed by atoms with Crippen molar-refractivity contribution in [1.29, 1.82) is 0 Å². The molecule has 0 saturated carbocycles. The van der Waals surface area contributed by atoms with Gasteiger partial charge in [0.15, 0.2) is 5.82 Å². The van der Waals surface area contributed by atoms with Crippen molar-refractivity contribution in [3.63, 3.8) is 0 Å². The van der Waals surface area contributed by atoms with Crippen LogP contribution in [0.2, 0.25) is 0 Å². The normalized spacial score (nSPS) is 11.5. The maximum absolute atomic E-state index is 15.5. The molecule has 0 spiro atoms. The summed E-state index contributed by atoms with van der Waals surface area (Å²) in [6, 6.07) is 12.4. The third kappa shape index (κ3) is 5.03. The first-order valence-corrected chi connectivity index (χ1v) is 12.7. The van der Waals surface area contributed by atoms with Gasteiger partial charge in [-0.1, -0.05) is 30.3 Å². The van der Waals surface area contributed by atoms with Crippen molar-refractivity contribution in [1.82, 2.24) is 15.0 Å². The number of H-pyrrole nitrogens is 1. The Labute approximate surface area is 218 Å². The van der Waals surface area contributed by atoms with Crippen LogP contribution in [0.5, 0.6) is 0 Å². The molecular formula is C26H17F4N5O3S. The van der Waals surface area contributed by atoms with E-state index >= 15 is 4.39 Å². The van der Waals surface area contributed by atoms with Crippen molar-refractivity contribution >= 4 is 38.3 Å². The van der Waals surface area contributed by atoms with E-state index in [-0.39, 0.29) is 22.4 Å². The number of nitrogens with zero attached hydrogens (tertiary/aromatic N) is 2. The molecular weight excluding hydrogens is 538 g/mol. The Bertz CT molecular complexity index is 1830. The predicted octanol–water partition coefficient (Wildman–Crippen LogP) is 5.16. The summed E-state index contributed by atoms with van der Waals surface area (Å²) in [5.41, 5.74) is -0.992. The van der Waals surface area contributed by atoms with Crippen LogP contribution >= 0.6 is 0 Å². The Kier molecular flexibility index (Phi) is 6.74. The number of hydrogen-bond donors (Lipinski definition) is 3. The number of hydrogen-bond acceptors (Lipinski definition) is 6. The number of rotatable bonds is 8. The molecule has 2 aromatic heterocycles. The van der Waals surface area contributed by atoms with Crippen LogP contribution in [0.4, 0.5) is 29.1 Å². The Morgan fingerprint density at radius 3 is 2.44 bits per heavy atom. The lowest BCUT2D eigenvalue weighted by atomic mass is 10.0. The number of aromatic amines is 1. The van der Waals surface area contributed by atoms with Crippen LogP contribution in [0.1, 0.15) is 21.5 Å². The highest BCUT2D eigenvalue weighted by molar-refractivity contribution is 7.92. The van der Waals surface area contributed by atoms with Crippen molar-refractivity contribution in [3.8, 4) is 0 Å². The van der Waals surface area contributed by atoms with Gasteiger partial charge in [0.2, 0.25) is 5.78 Å². The van der Waals surface area contributed by atoms with E-state index in [0.717, 1.165) is 11.6 Å². The van der Waals surface area contributed by atoms with Crippen molar-refractivity contribution in [2.75, 3.05) is 10.0 Å². The molecule has 2 heterocycles. The van der Waals surface area contributed by atoms with Crippen molar-refractivity contribution in [2.24, 2.45) is 0 Å². The Morgan fingerprint density at radius 2 is 1.67 bits per heavy atom. The number of nitrogens with one attached hydrogen (secondary N) is 3. The first-order chi connectivity index (χ1) is 18.7. The van der Waals surface area contributed by atoms with E-state index in [0.29, 0.717) is 30.8 Å². The minimum absolute atomic E-state index is 0.157. The monoisotopic (exact) mass is 555 g/mol. The van der Waals surface area contributed by atoms with Crippen LogP contribution < -0.4 is 10.0 Å². The SMILES string of the molecule is O=C(c1c(F)ccc(NS(=O)(=O)c2cc(F)ccc2F)c1F)c1c[nH]c2ncnc(NCc3ccccc3)c12. The van der Waals surface area contributed by atoms with Gasteiger partial charge < -0.3 is 10.3 Å². The van der Waals surface area contributed by atoms with Gasteiger partial charge in [0.1, 0.15) is 40.1 Å². The second-order valence-electron chi connectivity index (χ2n) is 8.28. The standard InChI is InChI=1S/C26H17F4N5O3S/c27-15-6-7-17(28)20(10-15)39(37,38)35-19-9-8-18(29)22(23(19)30)24(36)16-12-32-26-21(16)25(33-13-34-26)31-11-14-4-2-1-3-5-14/h1-10,12-13,35H,11H2,(H2,31,32,33,34). The van der Waals surface area contributed by atoms with E-state index in [4.69, 9.17) is 0 Å². The smallest absolute Gasteiger partial charge is 0.265 e. The molecule has 198 valence electrons. The fraction of sp³-hybridized carbons (Fsp3) is 0.0385. The van der Waals surface area contributed by atoms with Gasteiger partial charge in [0, 0.05) is 12.7 Å². The first-order valence-electron chi connectivity index (χ1n) is 11.3. The molecule has 5 rings (SSSR count). The average molecular weight is 556 g/mol. The first kappa shape index (κ1) is 25.9. The minimum Gasteiger partial charge on any atom is -0.365 e. The molecule has 0 aliphatic rings. The number of benzene rings is 3. The number of halogens is 4. The van der Waals surface area contributed by atoms with Gasteiger partial charge >= 0.3 is 0 Å². The minimum atomic E-state index is -4.85. The molecule has 0 radical (unpaired) electrons. The highest BCUT2D eigenvalue weighted by Gasteiger charge is 2.28. The average Bonchev–Trinajstić information content (AvgIpc) is 3.36. The van der Waals surface area contributed by atoms with E-state index in [9.17, 15) is 26.4 Å². The maximum Gasteiger partial charge on any atom is 0.265 e. The van der Waals surface area contributed by atoms with Crippen LogP contribution in [-0.2, 0) is 16.6 Å². The summed E-state index contributed by atoms with van der Waals surface area (Å²) in [5, 5.41) is 3.23. The molecule has 8 nitrogen and oxygen atoms in total. The van der Waals surface area contributed by atoms with E-state index in [1.54, 1.807) is 4.72 Å². The number of carbonyl (C=O) groups is 1. The number of carbonyl (C=O) groups excluding carboxylic acids is 1. The largest absolute Gasteiger partial charge is 0.365 e. The van der Waals surface area contributed by atoms with Gasteiger partial charge in [0.05, 0.1) is 22.2 Å². The zero-order chi connectivity index (χ0) is 27.7. The molecule has 5 aromatic rings. The summed E-state index contributed by atoms with van der Waals surface area (Å²) in [5.74, 6) is -6.09. The van der Waals surface area contributed by atoms with Gasteiger partial charge in [0.25, 0.3) is 10.0 Å². The lowest BCUT2D eigenvalue weighted by molar-refractivity contribution is 0.103. The third-order valence-corrected chi connectivity index (χ3v) is 7.14. The topological polar surface area (TPSA) is 117 Å². The molecule has 39 heavy (non-hydrogen) atoms. The number of aromatic nitrogens is 3. The highest BCUT2D eigenvalue weighted by Crippen LogP contribution is 2.31. The Hall–Kier alpha value is -4.78. The van der Waals surface area contributed by atoms with Crippen LogP contribution in [0.25, 0.3) is 11.0 Å². The number of sulfonamides is 1. The summed E-state index contributed by atoms with van der Waals surface area (Å²) in [7, 11) is -4.85. The lowest BCUT2D eigenvalue weighted by Crippen LogP contribution is -2.18. The van der Waals surface area contributed by atoms with Gasteiger partial charge in [-0.05, 0) is 35.9 Å². The van der Waals surface area contributed by atoms with Crippen molar-refractivity contribution in [3.05, 3.63) is 113 Å². The fourth-order valence-corrected chi connectivity index (χ4v) is 5.06. The molecule has 0 aliphatic carbocycles. The quantitative estimate of drug-likeness (QED) is 0.180. The Morgan fingerprint density at radius 1 is 0.923 bits per heavy atom. The zero-order valence-electron chi connectivity index (χ0n) is 19.7. The number of ketones is 1. The fourth-order valence-electron chi connectivity index (χ4n) is 3.91. The molecule has 13 heteroatoms. The molecule has 3 N–H and O–H groups in total. The summed E-state index contributed by atoms with van der Waals surface area (Å²) in [6.07, 6.45) is 2.44.